The van der Waals surface area contributed by atoms with E-state index in [-0.39, 0.29) is 12.5 Å². The molecule has 106 valence electrons. The van der Waals surface area contributed by atoms with Gasteiger partial charge in [-0.25, -0.2) is 0 Å². The molecule has 1 aromatic rings. The van der Waals surface area contributed by atoms with Crippen molar-refractivity contribution >= 4 is 29.1 Å². The zero-order chi connectivity index (χ0) is 14.3. The van der Waals surface area contributed by atoms with Crippen LogP contribution < -0.4 is 10.1 Å². The van der Waals surface area contributed by atoms with Crippen LogP contribution in [0.2, 0.25) is 10.0 Å². The fourth-order valence-corrected chi connectivity index (χ4v) is 1.79. The van der Waals surface area contributed by atoms with Crippen LogP contribution in [0.5, 0.6) is 5.75 Å². The van der Waals surface area contributed by atoms with E-state index in [9.17, 15) is 4.79 Å². The van der Waals surface area contributed by atoms with Gasteiger partial charge in [0.25, 0.3) is 0 Å². The Morgan fingerprint density at radius 1 is 1.42 bits per heavy atom. The Hall–Kier alpha value is -0.970. The van der Waals surface area contributed by atoms with E-state index < -0.39 is 0 Å². The monoisotopic (exact) mass is 304 g/mol. The van der Waals surface area contributed by atoms with Gasteiger partial charge in [-0.3, -0.25) is 4.79 Å². The SMILES string of the molecule is CNCCN(C)C(=O)CCOc1cccc(Cl)c1Cl. The first-order valence-electron chi connectivity index (χ1n) is 6.01. The second kappa shape index (κ2) is 8.25. The molecule has 4 nitrogen and oxygen atoms in total. The minimum Gasteiger partial charge on any atom is -0.491 e. The first-order chi connectivity index (χ1) is 9.06. The smallest absolute Gasteiger partial charge is 0.225 e. The number of benzene rings is 1. The zero-order valence-electron chi connectivity index (χ0n) is 11.1. The third-order valence-electron chi connectivity index (χ3n) is 2.61. The van der Waals surface area contributed by atoms with Crippen LogP contribution >= 0.6 is 23.2 Å². The number of rotatable bonds is 7. The number of hydrogen-bond acceptors (Lipinski definition) is 3. The highest BCUT2D eigenvalue weighted by Crippen LogP contribution is 2.31. The van der Waals surface area contributed by atoms with Crippen LogP contribution in [0.25, 0.3) is 0 Å². The normalized spacial score (nSPS) is 10.3. The summed E-state index contributed by atoms with van der Waals surface area (Å²) in [6.45, 7) is 1.72. The number of carbonyl (C=O) groups excluding carboxylic acids is 1. The number of hydrogen-bond donors (Lipinski definition) is 1. The van der Waals surface area contributed by atoms with Crippen LogP contribution in [0.3, 0.4) is 0 Å². The maximum atomic E-state index is 11.8. The van der Waals surface area contributed by atoms with Gasteiger partial charge in [0.15, 0.2) is 0 Å². The standard InChI is InChI=1S/C13H18Cl2N2O2/c1-16-7-8-17(2)12(18)6-9-19-11-5-3-4-10(14)13(11)15/h3-5,16H,6-9H2,1-2H3. The van der Waals surface area contributed by atoms with Crippen LogP contribution in [0.15, 0.2) is 18.2 Å². The largest absolute Gasteiger partial charge is 0.491 e. The predicted octanol–water partition coefficient (Wildman–Crippen LogP) is 2.44. The Morgan fingerprint density at radius 3 is 2.84 bits per heavy atom. The molecule has 1 aromatic carbocycles. The summed E-state index contributed by atoms with van der Waals surface area (Å²) < 4.78 is 5.46. The van der Waals surface area contributed by atoms with Crippen molar-refractivity contribution in [1.82, 2.24) is 10.2 Å². The zero-order valence-corrected chi connectivity index (χ0v) is 12.6. The highest BCUT2D eigenvalue weighted by molar-refractivity contribution is 6.42. The molecule has 0 aliphatic carbocycles. The first kappa shape index (κ1) is 16.1. The van der Waals surface area contributed by atoms with E-state index in [1.807, 2.05) is 7.05 Å². The summed E-state index contributed by atoms with van der Waals surface area (Å²) >= 11 is 11.8. The van der Waals surface area contributed by atoms with Crippen molar-refractivity contribution in [2.45, 2.75) is 6.42 Å². The van der Waals surface area contributed by atoms with E-state index in [1.54, 1.807) is 30.1 Å². The quantitative estimate of drug-likeness (QED) is 0.841. The summed E-state index contributed by atoms with van der Waals surface area (Å²) in [4.78, 5) is 13.4. The number of likely N-dealkylation sites (N-methyl/N-ethyl adjacent to an activating group) is 2. The van der Waals surface area contributed by atoms with E-state index in [1.165, 1.54) is 0 Å². The van der Waals surface area contributed by atoms with Crippen LogP contribution in [0.4, 0.5) is 0 Å². The molecule has 0 aliphatic rings. The van der Waals surface area contributed by atoms with E-state index >= 15 is 0 Å². The van der Waals surface area contributed by atoms with Crippen molar-refractivity contribution in [1.29, 1.82) is 0 Å². The maximum Gasteiger partial charge on any atom is 0.225 e. The topological polar surface area (TPSA) is 41.6 Å². The predicted molar refractivity (Wildman–Crippen MR) is 78.1 cm³/mol. The molecular formula is C13H18Cl2N2O2. The number of ether oxygens (including phenoxy) is 1. The van der Waals surface area contributed by atoms with Gasteiger partial charge in [-0.05, 0) is 19.2 Å². The summed E-state index contributed by atoms with van der Waals surface area (Å²) in [6.07, 6.45) is 0.309. The highest BCUT2D eigenvalue weighted by Gasteiger charge is 2.10. The van der Waals surface area contributed by atoms with Crippen molar-refractivity contribution in [3.8, 4) is 5.75 Å². The molecule has 0 atom stereocenters. The van der Waals surface area contributed by atoms with Gasteiger partial charge in [-0.2, -0.15) is 0 Å². The fourth-order valence-electron chi connectivity index (χ4n) is 1.44. The van der Waals surface area contributed by atoms with E-state index in [0.29, 0.717) is 28.8 Å². The first-order valence-corrected chi connectivity index (χ1v) is 6.77. The molecular weight excluding hydrogens is 287 g/mol. The molecule has 0 aromatic heterocycles. The minimum atomic E-state index is 0.0356. The van der Waals surface area contributed by atoms with Crippen molar-refractivity contribution in [3.05, 3.63) is 28.2 Å². The summed E-state index contributed by atoms with van der Waals surface area (Å²) in [6, 6.07) is 5.17. The molecule has 1 N–H and O–H groups in total. The van der Waals surface area contributed by atoms with Gasteiger partial charge < -0.3 is 15.0 Å². The summed E-state index contributed by atoms with van der Waals surface area (Å²) in [7, 11) is 3.62. The fraction of sp³-hybridized carbons (Fsp3) is 0.462. The average Bonchev–Trinajstić information content (AvgIpc) is 2.40. The molecule has 0 bridgehead atoms. The second-order valence-electron chi connectivity index (χ2n) is 4.07. The molecule has 0 spiro atoms. The van der Waals surface area contributed by atoms with Crippen LogP contribution in [0.1, 0.15) is 6.42 Å². The molecule has 1 rings (SSSR count). The second-order valence-corrected chi connectivity index (χ2v) is 4.85. The van der Waals surface area contributed by atoms with Crippen LogP contribution in [-0.2, 0) is 4.79 Å². The Morgan fingerprint density at radius 2 is 2.16 bits per heavy atom. The molecule has 6 heteroatoms. The van der Waals surface area contributed by atoms with Crippen LogP contribution in [0, 0.1) is 0 Å². The van der Waals surface area contributed by atoms with E-state index in [2.05, 4.69) is 5.32 Å². The third-order valence-corrected chi connectivity index (χ3v) is 3.41. The van der Waals surface area contributed by atoms with Crippen LogP contribution in [-0.4, -0.2) is 44.6 Å². The van der Waals surface area contributed by atoms with Gasteiger partial charge in [-0.15, -0.1) is 0 Å². The van der Waals surface area contributed by atoms with Gasteiger partial charge >= 0.3 is 0 Å². The molecule has 19 heavy (non-hydrogen) atoms. The Kier molecular flexibility index (Phi) is 6.99. The lowest BCUT2D eigenvalue weighted by molar-refractivity contribution is -0.130. The Labute approximate surface area is 123 Å². The molecule has 0 radical (unpaired) electrons. The minimum absolute atomic E-state index is 0.0356. The lowest BCUT2D eigenvalue weighted by Gasteiger charge is -2.17. The molecule has 0 saturated heterocycles. The Bertz CT molecular complexity index is 427. The molecule has 0 heterocycles. The van der Waals surface area contributed by atoms with Crippen molar-refractivity contribution in [3.63, 3.8) is 0 Å². The number of halogens is 2. The molecule has 0 saturated carbocycles. The molecule has 0 unspecified atom stereocenters. The lowest BCUT2D eigenvalue weighted by atomic mass is 10.3. The Balaban J connectivity index is 2.37. The highest BCUT2D eigenvalue weighted by atomic mass is 35.5. The van der Waals surface area contributed by atoms with E-state index in [4.69, 9.17) is 27.9 Å². The summed E-state index contributed by atoms with van der Waals surface area (Å²) in [5.74, 6) is 0.535. The van der Waals surface area contributed by atoms with Gasteiger partial charge in [-0.1, -0.05) is 29.3 Å². The lowest BCUT2D eigenvalue weighted by Crippen LogP contribution is -2.33. The van der Waals surface area contributed by atoms with Crippen molar-refractivity contribution in [2.75, 3.05) is 33.8 Å². The summed E-state index contributed by atoms with van der Waals surface area (Å²) in [5, 5.41) is 3.81. The van der Waals surface area contributed by atoms with Gasteiger partial charge in [0.2, 0.25) is 5.91 Å². The van der Waals surface area contributed by atoms with Gasteiger partial charge in [0.1, 0.15) is 10.8 Å². The van der Waals surface area contributed by atoms with Crippen molar-refractivity contribution < 1.29 is 9.53 Å². The summed E-state index contributed by atoms with van der Waals surface area (Å²) in [5.41, 5.74) is 0. The van der Waals surface area contributed by atoms with Gasteiger partial charge in [0, 0.05) is 20.1 Å². The molecule has 1 amide bonds. The third kappa shape index (κ3) is 5.27. The van der Waals surface area contributed by atoms with Gasteiger partial charge in [0.05, 0.1) is 18.1 Å². The number of amides is 1. The molecule has 0 aliphatic heterocycles. The number of nitrogens with zero attached hydrogens (tertiary/aromatic N) is 1. The van der Waals surface area contributed by atoms with E-state index in [0.717, 1.165) is 6.54 Å². The van der Waals surface area contributed by atoms with Crippen molar-refractivity contribution in [2.24, 2.45) is 0 Å². The average molecular weight is 305 g/mol. The maximum absolute atomic E-state index is 11.8. The molecule has 0 fully saturated rings. The number of carbonyl (C=O) groups is 1. The number of nitrogens with one attached hydrogen (secondary N) is 1.